The van der Waals surface area contributed by atoms with Crippen molar-refractivity contribution in [2.75, 3.05) is 0 Å². The first-order chi connectivity index (χ1) is 2.64. The molecule has 0 radical (unpaired) electrons. The zero-order valence-corrected chi connectivity index (χ0v) is 9.02. The van der Waals surface area contributed by atoms with Crippen molar-refractivity contribution in [2.45, 2.75) is 19.9 Å². The van der Waals surface area contributed by atoms with Crippen LogP contribution in [0, 0.1) is 0 Å². The van der Waals surface area contributed by atoms with Crippen molar-refractivity contribution in [1.29, 1.82) is 0 Å². The van der Waals surface area contributed by atoms with Crippen molar-refractivity contribution in [2.24, 2.45) is 0 Å². The fraction of sp³-hybridized carbons (Fsp3) is 1.00. The molecule has 1 nitrogen and oxygen atoms in total. The summed E-state index contributed by atoms with van der Waals surface area (Å²) in [7, 11) is 2.50. The Labute approximate surface area is 45.7 Å². The van der Waals surface area contributed by atoms with Gasteiger partial charge in [0.25, 0.3) is 0 Å². The van der Waals surface area contributed by atoms with Crippen molar-refractivity contribution in [3.63, 3.8) is 0 Å². The van der Waals surface area contributed by atoms with Crippen molar-refractivity contribution in [3.05, 3.63) is 0 Å². The summed E-state index contributed by atoms with van der Waals surface area (Å²) in [6.07, 6.45) is 0. The third-order valence-electron chi connectivity index (χ3n) is 1.03. The molecule has 0 aromatic carbocycles. The van der Waals surface area contributed by atoms with Crippen molar-refractivity contribution in [1.82, 2.24) is 4.23 Å². The summed E-state index contributed by atoms with van der Waals surface area (Å²) in [5.74, 6) is 0. The second kappa shape index (κ2) is 2.55. The van der Waals surface area contributed by atoms with Gasteiger partial charge in [-0.1, -0.05) is 13.8 Å². The molecule has 6 heavy (non-hydrogen) atoms. The molecule has 0 unspecified atom stereocenters. The van der Waals surface area contributed by atoms with E-state index >= 15 is 0 Å². The van der Waals surface area contributed by atoms with Gasteiger partial charge in [-0.3, -0.25) is 0 Å². The smallest absolute Gasteiger partial charge is 0.0700 e. The zero-order valence-electron chi connectivity index (χ0n) is 5.02. The highest BCUT2D eigenvalue weighted by molar-refractivity contribution is 6.25. The zero-order chi connectivity index (χ0) is 5.15. The molecule has 38 valence electrons. The molecule has 0 aliphatic heterocycles. The summed E-state index contributed by atoms with van der Waals surface area (Å²) in [6.45, 7) is 4.47. The molecule has 0 N–H and O–H groups in total. The van der Waals surface area contributed by atoms with Crippen LogP contribution >= 0.6 is 0 Å². The minimum Gasteiger partial charge on any atom is -0.358 e. The highest BCUT2D eigenvalue weighted by Crippen LogP contribution is 1.82. The second-order valence-electron chi connectivity index (χ2n) is 2.06. The lowest BCUT2D eigenvalue weighted by Crippen LogP contribution is -2.24. The Morgan fingerprint density at radius 1 is 1.33 bits per heavy atom. The fourth-order valence-electron chi connectivity index (χ4n) is 0. The van der Waals surface area contributed by atoms with Gasteiger partial charge in [-0.15, -0.1) is 0 Å². The minimum absolute atomic E-state index is 0.809. The maximum atomic E-state index is 2.44. The summed E-state index contributed by atoms with van der Waals surface area (Å²) in [6, 6.07) is 0.809. The van der Waals surface area contributed by atoms with Crippen LogP contribution in [0.5, 0.6) is 0 Å². The number of nitrogens with zero attached hydrogens (tertiary/aromatic N) is 1. The topological polar surface area (TPSA) is 3.24 Å². The number of hydrogen-bond donors (Lipinski definition) is 0. The standard InChI is InChI=1S/C3H13NSi2/c1-3(2)4(5)6/h3H,1-2,5-6H3. The first-order valence-electron chi connectivity index (χ1n) is 2.31. The molecule has 3 heteroatoms. The lowest BCUT2D eigenvalue weighted by atomic mass is 10.4. The average Bonchev–Trinajstić information content (AvgIpc) is 1.36. The van der Waals surface area contributed by atoms with E-state index in [9.17, 15) is 0 Å². The minimum atomic E-state index is 0.809. The molecule has 0 saturated heterocycles. The number of hydrogen-bond acceptors (Lipinski definition) is 1. The van der Waals surface area contributed by atoms with Gasteiger partial charge in [0.15, 0.2) is 0 Å². The summed E-state index contributed by atoms with van der Waals surface area (Å²) in [5.41, 5.74) is 0. The highest BCUT2D eigenvalue weighted by atomic mass is 28.2. The van der Waals surface area contributed by atoms with Crippen LogP contribution in [-0.2, 0) is 0 Å². The summed E-state index contributed by atoms with van der Waals surface area (Å²) < 4.78 is 2.44. The van der Waals surface area contributed by atoms with Crippen LogP contribution in [-0.4, -0.2) is 31.1 Å². The van der Waals surface area contributed by atoms with Gasteiger partial charge in [0, 0.05) is 0 Å². The Morgan fingerprint density at radius 2 is 1.50 bits per heavy atom. The van der Waals surface area contributed by atoms with Gasteiger partial charge in [-0.05, 0) is 6.04 Å². The molecule has 0 fully saturated rings. The van der Waals surface area contributed by atoms with Gasteiger partial charge < -0.3 is 4.23 Å². The van der Waals surface area contributed by atoms with Crippen LogP contribution in [0.3, 0.4) is 0 Å². The molecule has 0 aliphatic carbocycles. The summed E-state index contributed by atoms with van der Waals surface area (Å²) in [4.78, 5) is 0. The summed E-state index contributed by atoms with van der Waals surface area (Å²) >= 11 is 0. The second-order valence-corrected chi connectivity index (χ2v) is 6.67. The molecule has 0 atom stereocenters. The van der Waals surface area contributed by atoms with Crippen LogP contribution in [0.1, 0.15) is 13.8 Å². The van der Waals surface area contributed by atoms with E-state index in [1.54, 1.807) is 0 Å². The highest BCUT2D eigenvalue weighted by Gasteiger charge is 1.89. The predicted octanol–water partition coefficient (Wildman–Crippen LogP) is -1.74. The van der Waals surface area contributed by atoms with E-state index in [2.05, 4.69) is 18.1 Å². The van der Waals surface area contributed by atoms with Crippen LogP contribution in [0.4, 0.5) is 0 Å². The molecule has 0 aliphatic rings. The monoisotopic (exact) mass is 119 g/mol. The Balaban J connectivity index is 2.99. The van der Waals surface area contributed by atoms with Crippen LogP contribution in [0.25, 0.3) is 0 Å². The van der Waals surface area contributed by atoms with Gasteiger partial charge in [-0.25, -0.2) is 0 Å². The lowest BCUT2D eigenvalue weighted by Gasteiger charge is -2.13. The molecule has 0 heterocycles. The van der Waals surface area contributed by atoms with E-state index in [0.29, 0.717) is 0 Å². The van der Waals surface area contributed by atoms with E-state index in [1.807, 2.05) is 0 Å². The lowest BCUT2D eigenvalue weighted by molar-refractivity contribution is 0.569. The molecule has 0 saturated carbocycles. The van der Waals surface area contributed by atoms with Crippen molar-refractivity contribution < 1.29 is 0 Å². The fourth-order valence-corrected chi connectivity index (χ4v) is 0. The first kappa shape index (κ1) is 6.39. The molecule has 0 aromatic rings. The van der Waals surface area contributed by atoms with Crippen molar-refractivity contribution >= 4 is 20.8 Å². The van der Waals surface area contributed by atoms with Gasteiger partial charge in [-0.2, -0.15) is 0 Å². The van der Waals surface area contributed by atoms with Gasteiger partial charge in [0.05, 0.1) is 20.8 Å². The normalized spacial score (nSPS) is 12.0. The first-order valence-corrected chi connectivity index (χ1v) is 4.10. The maximum Gasteiger partial charge on any atom is 0.0700 e. The number of rotatable bonds is 1. The molecular weight excluding hydrogens is 106 g/mol. The molecule has 0 spiro atoms. The molecule has 0 amide bonds. The Morgan fingerprint density at radius 3 is 1.50 bits per heavy atom. The molecular formula is C3H13NSi2. The van der Waals surface area contributed by atoms with Gasteiger partial charge >= 0.3 is 0 Å². The average molecular weight is 119 g/mol. The van der Waals surface area contributed by atoms with E-state index in [1.165, 1.54) is 20.8 Å². The van der Waals surface area contributed by atoms with Gasteiger partial charge in [0.1, 0.15) is 0 Å². The van der Waals surface area contributed by atoms with E-state index in [0.717, 1.165) is 6.04 Å². The van der Waals surface area contributed by atoms with Crippen LogP contribution < -0.4 is 0 Å². The third-order valence-corrected chi connectivity index (χ3v) is 3.10. The third kappa shape index (κ3) is 2.62. The molecule has 0 aromatic heterocycles. The van der Waals surface area contributed by atoms with Crippen LogP contribution in [0.2, 0.25) is 0 Å². The quantitative estimate of drug-likeness (QED) is 0.370. The Bertz CT molecular complexity index is 29.8. The van der Waals surface area contributed by atoms with E-state index in [4.69, 9.17) is 0 Å². The maximum absolute atomic E-state index is 2.44. The Kier molecular flexibility index (Phi) is 2.71. The SMILES string of the molecule is CC(C)N([SiH3])[SiH3]. The summed E-state index contributed by atoms with van der Waals surface area (Å²) in [5, 5.41) is 0. The van der Waals surface area contributed by atoms with Crippen molar-refractivity contribution in [3.8, 4) is 0 Å². The Hall–Kier alpha value is 0.394. The van der Waals surface area contributed by atoms with E-state index in [-0.39, 0.29) is 0 Å². The molecule has 0 rings (SSSR count). The van der Waals surface area contributed by atoms with Crippen LogP contribution in [0.15, 0.2) is 0 Å². The van der Waals surface area contributed by atoms with E-state index < -0.39 is 0 Å². The van der Waals surface area contributed by atoms with Gasteiger partial charge in [0.2, 0.25) is 0 Å². The largest absolute Gasteiger partial charge is 0.358 e. The predicted molar refractivity (Wildman–Crippen MR) is 36.9 cm³/mol. The molecule has 0 bridgehead atoms.